The van der Waals surface area contributed by atoms with Gasteiger partial charge in [-0.25, -0.2) is 0 Å². The van der Waals surface area contributed by atoms with Gasteiger partial charge in [-0.3, -0.25) is 18.7 Å². The maximum Gasteiger partial charge on any atom is 0.264 e. The molecule has 1 heterocycles. The number of allylic oxidation sites excluding steroid dienone is 2. The minimum atomic E-state index is -3.47. The van der Waals surface area contributed by atoms with Gasteiger partial charge < -0.3 is 0 Å². The van der Waals surface area contributed by atoms with Gasteiger partial charge in [0.25, 0.3) is 10.1 Å². The first-order chi connectivity index (χ1) is 9.38. The highest BCUT2D eigenvalue weighted by Gasteiger charge is 2.58. The van der Waals surface area contributed by atoms with Crippen molar-refractivity contribution in [2.24, 2.45) is 23.7 Å². The van der Waals surface area contributed by atoms with Gasteiger partial charge in [0, 0.05) is 6.54 Å². The van der Waals surface area contributed by atoms with Gasteiger partial charge in [-0.1, -0.05) is 12.2 Å². The predicted octanol–water partition coefficient (Wildman–Crippen LogP) is 0.160. The lowest BCUT2D eigenvalue weighted by Crippen LogP contribution is -2.34. The van der Waals surface area contributed by atoms with Crippen molar-refractivity contribution < 1.29 is 22.2 Å². The third-order valence-electron chi connectivity index (χ3n) is 4.39. The van der Waals surface area contributed by atoms with E-state index in [1.807, 2.05) is 12.2 Å². The molecule has 6 nitrogen and oxygen atoms in total. The number of carbonyl (C=O) groups is 2. The molecule has 20 heavy (non-hydrogen) atoms. The van der Waals surface area contributed by atoms with Crippen molar-refractivity contribution in [3.63, 3.8) is 0 Å². The Morgan fingerprint density at radius 1 is 1.20 bits per heavy atom. The monoisotopic (exact) mass is 299 g/mol. The fourth-order valence-corrected chi connectivity index (χ4v) is 4.04. The van der Waals surface area contributed by atoms with Crippen LogP contribution in [0.3, 0.4) is 0 Å². The number of hydrogen-bond donors (Lipinski definition) is 0. The van der Waals surface area contributed by atoms with E-state index in [1.165, 1.54) is 4.90 Å². The van der Waals surface area contributed by atoms with E-state index in [4.69, 9.17) is 0 Å². The van der Waals surface area contributed by atoms with Crippen molar-refractivity contribution in [1.82, 2.24) is 4.90 Å². The van der Waals surface area contributed by atoms with E-state index < -0.39 is 10.1 Å². The quantitative estimate of drug-likeness (QED) is 0.313. The van der Waals surface area contributed by atoms with E-state index in [9.17, 15) is 18.0 Å². The van der Waals surface area contributed by atoms with Gasteiger partial charge in [-0.2, -0.15) is 8.42 Å². The van der Waals surface area contributed by atoms with Crippen LogP contribution in [0.2, 0.25) is 0 Å². The number of hydrogen-bond acceptors (Lipinski definition) is 5. The Labute approximate surface area is 117 Å². The first-order valence-electron chi connectivity index (χ1n) is 6.76. The average molecular weight is 299 g/mol. The number of imide groups is 1. The summed E-state index contributed by atoms with van der Waals surface area (Å²) in [4.78, 5) is 25.9. The normalized spacial score (nSPS) is 35.1. The van der Waals surface area contributed by atoms with Crippen molar-refractivity contribution in [3.8, 4) is 0 Å². The zero-order chi connectivity index (χ0) is 14.5. The van der Waals surface area contributed by atoms with Gasteiger partial charge in [0.05, 0.1) is 24.7 Å². The number of likely N-dealkylation sites (tertiary alicyclic amines) is 1. The van der Waals surface area contributed by atoms with Crippen molar-refractivity contribution >= 4 is 21.9 Å². The van der Waals surface area contributed by atoms with Crippen molar-refractivity contribution in [2.45, 2.75) is 12.8 Å². The largest absolute Gasteiger partial charge is 0.282 e. The Kier molecular flexibility index (Phi) is 3.21. The molecule has 0 spiro atoms. The summed E-state index contributed by atoms with van der Waals surface area (Å²) < 4.78 is 26.3. The number of fused-ring (bicyclic) bond motifs is 5. The summed E-state index contributed by atoms with van der Waals surface area (Å²) in [5, 5.41) is 0. The molecule has 2 bridgehead atoms. The molecule has 1 aliphatic heterocycles. The maximum atomic E-state index is 12.3. The van der Waals surface area contributed by atoms with E-state index in [-0.39, 0.29) is 48.6 Å². The highest BCUT2D eigenvalue weighted by molar-refractivity contribution is 7.85. The summed E-state index contributed by atoms with van der Waals surface area (Å²) >= 11 is 0. The van der Waals surface area contributed by atoms with Crippen LogP contribution in [0.1, 0.15) is 12.8 Å². The van der Waals surface area contributed by atoms with Gasteiger partial charge in [0.2, 0.25) is 11.8 Å². The number of rotatable bonds is 5. The fraction of sp³-hybridized carbons (Fsp3) is 0.692. The van der Waals surface area contributed by atoms with Crippen LogP contribution in [-0.4, -0.2) is 44.5 Å². The molecule has 4 atom stereocenters. The summed E-state index contributed by atoms with van der Waals surface area (Å²) in [6, 6.07) is 0. The summed E-state index contributed by atoms with van der Waals surface area (Å²) in [5.74, 6) is -0.161. The second kappa shape index (κ2) is 4.66. The predicted molar refractivity (Wildman–Crippen MR) is 69.8 cm³/mol. The smallest absolute Gasteiger partial charge is 0.264 e. The molecule has 1 saturated carbocycles. The summed E-state index contributed by atoms with van der Waals surface area (Å²) in [7, 11) is -3.47. The molecule has 1 saturated heterocycles. The highest BCUT2D eigenvalue weighted by atomic mass is 32.2. The third kappa shape index (κ3) is 2.18. The molecule has 0 radical (unpaired) electrons. The van der Waals surface area contributed by atoms with Crippen LogP contribution in [0.5, 0.6) is 0 Å². The molecule has 0 aromatic rings. The zero-order valence-corrected chi connectivity index (χ0v) is 12.0. The molecule has 110 valence electrons. The summed E-state index contributed by atoms with van der Waals surface area (Å²) in [6.45, 7) is 0.232. The topological polar surface area (TPSA) is 80.8 Å². The SMILES string of the molecule is CS(=O)(=O)OCCCN1C(=O)C2C3C=CC(C3)C2C1=O. The average Bonchev–Trinajstić information content (AvgIpc) is 3.00. The Balaban J connectivity index is 1.60. The van der Waals surface area contributed by atoms with Crippen LogP contribution in [0.4, 0.5) is 0 Å². The standard InChI is InChI=1S/C13H17NO5S/c1-20(17,18)19-6-2-5-14-12(15)10-8-3-4-9(7-8)11(10)13(14)16/h3-4,8-11H,2,5-7H2,1H3. The molecule has 0 aromatic heterocycles. The Morgan fingerprint density at radius 2 is 1.75 bits per heavy atom. The molecule has 4 unspecified atom stereocenters. The maximum absolute atomic E-state index is 12.3. The number of carbonyl (C=O) groups excluding carboxylic acids is 2. The number of nitrogens with zero attached hydrogens (tertiary/aromatic N) is 1. The number of amides is 2. The zero-order valence-electron chi connectivity index (χ0n) is 11.2. The Bertz CT molecular complexity index is 552. The third-order valence-corrected chi connectivity index (χ3v) is 4.98. The van der Waals surface area contributed by atoms with Crippen molar-refractivity contribution in [3.05, 3.63) is 12.2 Å². The molecular weight excluding hydrogens is 282 g/mol. The fourth-order valence-electron chi connectivity index (χ4n) is 3.62. The van der Waals surface area contributed by atoms with Crippen molar-refractivity contribution in [1.29, 1.82) is 0 Å². The molecule has 0 aromatic carbocycles. The second-order valence-electron chi connectivity index (χ2n) is 5.71. The van der Waals surface area contributed by atoms with E-state index >= 15 is 0 Å². The highest BCUT2D eigenvalue weighted by Crippen LogP contribution is 2.52. The van der Waals surface area contributed by atoms with Crippen LogP contribution >= 0.6 is 0 Å². The molecule has 2 amide bonds. The van der Waals surface area contributed by atoms with E-state index in [0.29, 0.717) is 6.42 Å². The van der Waals surface area contributed by atoms with Crippen LogP contribution in [0, 0.1) is 23.7 Å². The molecule has 2 aliphatic carbocycles. The Hall–Kier alpha value is -1.21. The minimum Gasteiger partial charge on any atom is -0.282 e. The van der Waals surface area contributed by atoms with E-state index in [1.54, 1.807) is 0 Å². The van der Waals surface area contributed by atoms with Crippen LogP contribution in [-0.2, 0) is 23.9 Å². The molecular formula is C13H17NO5S. The first-order valence-corrected chi connectivity index (χ1v) is 8.58. The second-order valence-corrected chi connectivity index (χ2v) is 7.35. The lowest BCUT2D eigenvalue weighted by atomic mass is 9.85. The van der Waals surface area contributed by atoms with Crippen LogP contribution in [0.15, 0.2) is 12.2 Å². The van der Waals surface area contributed by atoms with Gasteiger partial charge in [-0.05, 0) is 24.7 Å². The van der Waals surface area contributed by atoms with Gasteiger partial charge in [0.15, 0.2) is 0 Å². The molecule has 0 N–H and O–H groups in total. The molecule has 3 rings (SSSR count). The van der Waals surface area contributed by atoms with E-state index in [2.05, 4.69) is 4.18 Å². The summed E-state index contributed by atoms with van der Waals surface area (Å²) in [5.41, 5.74) is 0. The molecule has 7 heteroatoms. The molecule has 2 fully saturated rings. The molecule has 3 aliphatic rings. The first kappa shape index (κ1) is 13.8. The van der Waals surface area contributed by atoms with Crippen LogP contribution in [0.25, 0.3) is 0 Å². The van der Waals surface area contributed by atoms with Crippen molar-refractivity contribution in [2.75, 3.05) is 19.4 Å². The minimum absolute atomic E-state index is 0.00364. The van der Waals surface area contributed by atoms with E-state index in [0.717, 1.165) is 12.7 Å². The lowest BCUT2D eigenvalue weighted by molar-refractivity contribution is -0.140. The van der Waals surface area contributed by atoms with Gasteiger partial charge in [0.1, 0.15) is 0 Å². The van der Waals surface area contributed by atoms with Crippen LogP contribution < -0.4 is 0 Å². The van der Waals surface area contributed by atoms with Gasteiger partial charge >= 0.3 is 0 Å². The lowest BCUT2D eigenvalue weighted by Gasteiger charge is -2.16. The van der Waals surface area contributed by atoms with Gasteiger partial charge in [-0.15, -0.1) is 0 Å². The summed E-state index contributed by atoms with van der Waals surface area (Å²) in [6.07, 6.45) is 6.33. The Morgan fingerprint density at radius 3 is 2.25 bits per heavy atom.